The third-order valence-electron chi connectivity index (χ3n) is 3.16. The molecule has 1 aliphatic rings. The van der Waals surface area contributed by atoms with Crippen LogP contribution < -0.4 is 10.1 Å². The quantitative estimate of drug-likeness (QED) is 0.869. The Morgan fingerprint density at radius 2 is 2.29 bits per heavy atom. The lowest BCUT2D eigenvalue weighted by atomic mass is 9.96. The maximum Gasteiger partial charge on any atom is 0.177 e. The number of fused-ring (bicyclic) bond motifs is 1. The molecule has 0 aliphatic carbocycles. The minimum atomic E-state index is -0.341. The molecule has 2 unspecified atom stereocenters. The lowest BCUT2D eigenvalue weighted by Gasteiger charge is -2.28. The van der Waals surface area contributed by atoms with Crippen molar-refractivity contribution >= 4 is 11.5 Å². The van der Waals surface area contributed by atoms with Crippen molar-refractivity contribution < 1.29 is 9.53 Å². The van der Waals surface area contributed by atoms with Gasteiger partial charge >= 0.3 is 0 Å². The molecular formula is C14H19NO2. The molecule has 1 aromatic rings. The number of benzene rings is 1. The number of carbonyl (C=O) groups excluding carboxylic acids is 1. The summed E-state index contributed by atoms with van der Waals surface area (Å²) in [6.45, 7) is 4.65. The van der Waals surface area contributed by atoms with E-state index in [9.17, 15) is 4.79 Å². The fourth-order valence-corrected chi connectivity index (χ4v) is 2.16. The standard InChI is InChI=1S/C14H19NO2/c1-3-6-10(2)14(16)13-9-15-11-7-4-5-8-12(11)17-13/h4-5,7-8,10,13,15H,3,6,9H2,1-2H3. The molecule has 3 nitrogen and oxygen atoms in total. The van der Waals surface area contributed by atoms with Crippen molar-refractivity contribution in [1.82, 2.24) is 0 Å². The number of ether oxygens (including phenoxy) is 1. The summed E-state index contributed by atoms with van der Waals surface area (Å²) in [5.74, 6) is 1.06. The van der Waals surface area contributed by atoms with Crippen LogP contribution in [0.15, 0.2) is 24.3 Å². The number of carbonyl (C=O) groups is 1. The Balaban J connectivity index is 2.05. The number of anilines is 1. The molecule has 0 bridgehead atoms. The highest BCUT2D eigenvalue weighted by atomic mass is 16.5. The Hall–Kier alpha value is -1.51. The van der Waals surface area contributed by atoms with Crippen molar-refractivity contribution in [2.24, 2.45) is 5.92 Å². The smallest absolute Gasteiger partial charge is 0.177 e. The second-order valence-electron chi connectivity index (χ2n) is 4.58. The second kappa shape index (κ2) is 5.21. The van der Waals surface area contributed by atoms with E-state index >= 15 is 0 Å². The normalized spacial score (nSPS) is 19.8. The van der Waals surface area contributed by atoms with Crippen molar-refractivity contribution in [3.63, 3.8) is 0 Å². The van der Waals surface area contributed by atoms with E-state index in [0.29, 0.717) is 6.54 Å². The Labute approximate surface area is 102 Å². The first-order chi connectivity index (χ1) is 8.22. The van der Waals surface area contributed by atoms with Crippen LogP contribution in [0.2, 0.25) is 0 Å². The monoisotopic (exact) mass is 233 g/mol. The molecule has 17 heavy (non-hydrogen) atoms. The Kier molecular flexibility index (Phi) is 3.67. The van der Waals surface area contributed by atoms with E-state index in [4.69, 9.17) is 4.74 Å². The van der Waals surface area contributed by atoms with Gasteiger partial charge in [0.05, 0.1) is 12.2 Å². The fourth-order valence-electron chi connectivity index (χ4n) is 2.16. The van der Waals surface area contributed by atoms with E-state index in [2.05, 4.69) is 12.2 Å². The van der Waals surface area contributed by atoms with E-state index in [0.717, 1.165) is 24.3 Å². The fraction of sp³-hybridized carbons (Fsp3) is 0.500. The minimum Gasteiger partial charge on any atom is -0.479 e. The highest BCUT2D eigenvalue weighted by Gasteiger charge is 2.28. The Morgan fingerprint density at radius 3 is 3.06 bits per heavy atom. The maximum absolute atomic E-state index is 12.1. The van der Waals surface area contributed by atoms with Gasteiger partial charge in [-0.2, -0.15) is 0 Å². The third kappa shape index (κ3) is 2.60. The van der Waals surface area contributed by atoms with Crippen LogP contribution in [0.3, 0.4) is 0 Å². The van der Waals surface area contributed by atoms with E-state index < -0.39 is 0 Å². The first-order valence-corrected chi connectivity index (χ1v) is 6.25. The van der Waals surface area contributed by atoms with Gasteiger partial charge in [-0.3, -0.25) is 4.79 Å². The predicted octanol–water partition coefficient (Wildman–Crippen LogP) is 2.86. The van der Waals surface area contributed by atoms with Gasteiger partial charge in [0.2, 0.25) is 0 Å². The van der Waals surface area contributed by atoms with Gasteiger partial charge in [-0.25, -0.2) is 0 Å². The van der Waals surface area contributed by atoms with Crippen molar-refractivity contribution in [2.45, 2.75) is 32.8 Å². The Morgan fingerprint density at radius 1 is 1.53 bits per heavy atom. The third-order valence-corrected chi connectivity index (χ3v) is 3.16. The topological polar surface area (TPSA) is 38.3 Å². The molecule has 0 saturated heterocycles. The molecule has 92 valence electrons. The lowest BCUT2D eigenvalue weighted by Crippen LogP contribution is -2.40. The molecule has 0 aromatic heterocycles. The molecule has 0 fully saturated rings. The van der Waals surface area contributed by atoms with Crippen LogP contribution in [-0.2, 0) is 4.79 Å². The zero-order chi connectivity index (χ0) is 12.3. The SMILES string of the molecule is CCCC(C)C(=O)C1CNc2ccccc2O1. The van der Waals surface area contributed by atoms with E-state index in [1.54, 1.807) is 0 Å². The van der Waals surface area contributed by atoms with Crippen LogP contribution in [0.1, 0.15) is 26.7 Å². The van der Waals surface area contributed by atoms with Gasteiger partial charge in [-0.15, -0.1) is 0 Å². The van der Waals surface area contributed by atoms with Crippen LogP contribution in [-0.4, -0.2) is 18.4 Å². The summed E-state index contributed by atoms with van der Waals surface area (Å²) in [4.78, 5) is 12.1. The van der Waals surface area contributed by atoms with Gasteiger partial charge in [-0.1, -0.05) is 32.4 Å². The number of ketones is 1. The average molecular weight is 233 g/mol. The zero-order valence-corrected chi connectivity index (χ0v) is 10.4. The van der Waals surface area contributed by atoms with Crippen LogP contribution in [0.25, 0.3) is 0 Å². The highest BCUT2D eigenvalue weighted by molar-refractivity contribution is 5.86. The van der Waals surface area contributed by atoms with Crippen molar-refractivity contribution in [2.75, 3.05) is 11.9 Å². The molecule has 0 spiro atoms. The van der Waals surface area contributed by atoms with Crippen LogP contribution in [0.4, 0.5) is 5.69 Å². The number of para-hydroxylation sites is 2. The summed E-state index contributed by atoms with van der Waals surface area (Å²) in [5, 5.41) is 3.24. The molecule has 1 heterocycles. The van der Waals surface area contributed by atoms with E-state index in [-0.39, 0.29) is 17.8 Å². The molecule has 0 radical (unpaired) electrons. The number of hydrogen-bond acceptors (Lipinski definition) is 3. The number of Topliss-reactive ketones (excluding diaryl/α,β-unsaturated/α-hetero) is 1. The highest BCUT2D eigenvalue weighted by Crippen LogP contribution is 2.29. The minimum absolute atomic E-state index is 0.0806. The van der Waals surface area contributed by atoms with Gasteiger partial charge in [0, 0.05) is 5.92 Å². The predicted molar refractivity (Wildman–Crippen MR) is 68.4 cm³/mol. The van der Waals surface area contributed by atoms with E-state index in [1.807, 2.05) is 31.2 Å². The summed E-state index contributed by atoms with van der Waals surface area (Å²) >= 11 is 0. The molecular weight excluding hydrogens is 214 g/mol. The lowest BCUT2D eigenvalue weighted by molar-refractivity contribution is -0.129. The van der Waals surface area contributed by atoms with Crippen molar-refractivity contribution in [3.8, 4) is 5.75 Å². The molecule has 1 aromatic carbocycles. The second-order valence-corrected chi connectivity index (χ2v) is 4.58. The molecule has 2 rings (SSSR count). The van der Waals surface area contributed by atoms with Crippen LogP contribution in [0.5, 0.6) is 5.75 Å². The molecule has 0 amide bonds. The van der Waals surface area contributed by atoms with Gasteiger partial charge in [0.15, 0.2) is 11.9 Å². The first-order valence-electron chi connectivity index (χ1n) is 6.25. The number of nitrogens with one attached hydrogen (secondary N) is 1. The van der Waals surface area contributed by atoms with Crippen LogP contribution in [0, 0.1) is 5.92 Å². The van der Waals surface area contributed by atoms with Gasteiger partial charge in [0.1, 0.15) is 5.75 Å². The van der Waals surface area contributed by atoms with Gasteiger partial charge in [-0.05, 0) is 18.6 Å². The van der Waals surface area contributed by atoms with Crippen LogP contribution >= 0.6 is 0 Å². The summed E-state index contributed by atoms with van der Waals surface area (Å²) in [6.07, 6.45) is 1.62. The summed E-state index contributed by atoms with van der Waals surface area (Å²) in [5.41, 5.74) is 0.972. The van der Waals surface area contributed by atoms with Crippen molar-refractivity contribution in [1.29, 1.82) is 0 Å². The molecule has 0 saturated carbocycles. The molecule has 2 atom stereocenters. The largest absolute Gasteiger partial charge is 0.479 e. The van der Waals surface area contributed by atoms with Gasteiger partial charge in [0.25, 0.3) is 0 Å². The summed E-state index contributed by atoms with van der Waals surface area (Å²) < 4.78 is 5.75. The zero-order valence-electron chi connectivity index (χ0n) is 10.4. The summed E-state index contributed by atoms with van der Waals surface area (Å²) in [7, 11) is 0. The molecule has 1 aliphatic heterocycles. The average Bonchev–Trinajstić information content (AvgIpc) is 2.37. The number of hydrogen-bond donors (Lipinski definition) is 1. The van der Waals surface area contributed by atoms with E-state index in [1.165, 1.54) is 0 Å². The first kappa shape index (κ1) is 12.0. The van der Waals surface area contributed by atoms with Gasteiger partial charge < -0.3 is 10.1 Å². The van der Waals surface area contributed by atoms with Crippen molar-refractivity contribution in [3.05, 3.63) is 24.3 Å². The number of rotatable bonds is 4. The molecule has 3 heteroatoms. The Bertz CT molecular complexity index is 403. The summed E-state index contributed by atoms with van der Waals surface area (Å²) in [6, 6.07) is 7.73. The molecule has 1 N–H and O–H groups in total. The maximum atomic E-state index is 12.1.